The zero-order valence-electron chi connectivity index (χ0n) is 33.3. The predicted molar refractivity (Wildman–Crippen MR) is 232 cm³/mol. The Kier molecular flexibility index (Phi) is 6.66. The molecule has 58 heavy (non-hydrogen) atoms. The minimum Gasteiger partial charge on any atom is -0.309 e. The summed E-state index contributed by atoms with van der Waals surface area (Å²) < 4.78 is 2.52. The summed E-state index contributed by atoms with van der Waals surface area (Å²) >= 11 is 0. The van der Waals surface area contributed by atoms with Crippen molar-refractivity contribution in [3.05, 3.63) is 144 Å². The summed E-state index contributed by atoms with van der Waals surface area (Å²) in [5, 5.41) is 2.61. The van der Waals surface area contributed by atoms with Gasteiger partial charge in [-0.3, -0.25) is 0 Å². The van der Waals surface area contributed by atoms with Crippen molar-refractivity contribution in [2.45, 2.75) is 93.8 Å². The standard InChI is InChI=1S/C54H50N4/c1-2-11-40(12-3-1)58-46-16-7-6-14-42(46)45-18-17-44-41-13-4-5-15-43(41)47(48(44)49(45)58)38-9-8-10-39(25-38)50-55-51(53-26-32-19-33(27-53)21-34(20-32)28-53)57-52(56-50)54-29-35-22-36(30-54)24-37(23-35)31-54/h1-18,25,32-37,47H,19-24,26-31H2. The van der Waals surface area contributed by atoms with Crippen molar-refractivity contribution in [3.63, 3.8) is 0 Å². The van der Waals surface area contributed by atoms with E-state index in [0.29, 0.717) is 0 Å². The van der Waals surface area contributed by atoms with Crippen LogP contribution in [-0.2, 0) is 10.8 Å². The number of para-hydroxylation sites is 2. The number of nitrogens with zero attached hydrogens (tertiary/aromatic N) is 4. The number of fused-ring (bicyclic) bond motifs is 7. The van der Waals surface area contributed by atoms with Crippen LogP contribution in [0.1, 0.15) is 111 Å². The highest BCUT2D eigenvalue weighted by atomic mass is 15.1. The molecule has 4 nitrogen and oxygen atoms in total. The van der Waals surface area contributed by atoms with Gasteiger partial charge in [-0.2, -0.15) is 0 Å². The van der Waals surface area contributed by atoms with E-state index in [1.807, 2.05) is 0 Å². The zero-order valence-corrected chi connectivity index (χ0v) is 33.3. The first kappa shape index (κ1) is 32.8. The fourth-order valence-electron chi connectivity index (χ4n) is 15.6. The van der Waals surface area contributed by atoms with E-state index in [-0.39, 0.29) is 16.7 Å². The van der Waals surface area contributed by atoms with Crippen molar-refractivity contribution in [1.82, 2.24) is 19.5 Å². The van der Waals surface area contributed by atoms with Gasteiger partial charge in [0.05, 0.1) is 11.0 Å². The van der Waals surface area contributed by atoms with Crippen LogP contribution in [-0.4, -0.2) is 19.5 Å². The molecule has 16 rings (SSSR count). The van der Waals surface area contributed by atoms with E-state index in [9.17, 15) is 0 Å². The van der Waals surface area contributed by atoms with Crippen LogP contribution in [0.15, 0.2) is 115 Å². The maximum absolute atomic E-state index is 5.77. The molecular formula is C54H50N4. The molecule has 4 heteroatoms. The van der Waals surface area contributed by atoms with Crippen LogP contribution in [0.3, 0.4) is 0 Å². The lowest BCUT2D eigenvalue weighted by Crippen LogP contribution is -2.51. The number of hydrogen-bond acceptors (Lipinski definition) is 3. The van der Waals surface area contributed by atoms with Crippen LogP contribution >= 0.6 is 0 Å². The SMILES string of the molecule is c1ccc(-n2c3ccccc3c3ccc4c(c32)C(c2cccc(-c3nc(C56CC7CC(CC(C7)C5)C6)nc(C56CC7CC(CC(C7)C5)C6)n3)c2)c2ccccc2-4)cc1. The van der Waals surface area contributed by atoms with E-state index in [1.165, 1.54) is 144 Å². The maximum atomic E-state index is 5.77. The normalized spacial score (nSPS) is 32.3. The Balaban J connectivity index is 0.971. The van der Waals surface area contributed by atoms with Gasteiger partial charge in [0.2, 0.25) is 0 Å². The molecule has 9 aliphatic rings. The number of hydrogen-bond donors (Lipinski definition) is 0. The van der Waals surface area contributed by atoms with Crippen LogP contribution in [0.5, 0.6) is 0 Å². The second-order valence-corrected chi connectivity index (χ2v) is 20.5. The van der Waals surface area contributed by atoms with Gasteiger partial charge in [0.15, 0.2) is 5.82 Å². The van der Waals surface area contributed by atoms with Gasteiger partial charge in [-0.1, -0.05) is 91.0 Å². The molecule has 9 aliphatic carbocycles. The molecule has 8 saturated carbocycles. The van der Waals surface area contributed by atoms with Crippen LogP contribution in [0, 0.1) is 35.5 Å². The second kappa shape index (κ2) is 11.8. The maximum Gasteiger partial charge on any atom is 0.163 e. The van der Waals surface area contributed by atoms with E-state index in [2.05, 4.69) is 120 Å². The van der Waals surface area contributed by atoms with Crippen molar-refractivity contribution in [2.24, 2.45) is 35.5 Å². The van der Waals surface area contributed by atoms with Crippen LogP contribution in [0.4, 0.5) is 0 Å². The Bertz CT molecular complexity index is 2700. The molecule has 2 heterocycles. The first-order valence-electron chi connectivity index (χ1n) is 22.6. The number of benzene rings is 5. The summed E-state index contributed by atoms with van der Waals surface area (Å²) in [7, 11) is 0. The molecule has 7 aromatic rings. The van der Waals surface area contributed by atoms with Gasteiger partial charge < -0.3 is 4.57 Å². The number of rotatable bonds is 5. The minimum atomic E-state index is 0.0775. The lowest BCUT2D eigenvalue weighted by atomic mass is 9.49. The highest BCUT2D eigenvalue weighted by Crippen LogP contribution is 2.63. The molecule has 0 amide bonds. The van der Waals surface area contributed by atoms with E-state index in [4.69, 9.17) is 15.0 Å². The first-order chi connectivity index (χ1) is 28.6. The lowest BCUT2D eigenvalue weighted by Gasteiger charge is -2.57. The quantitative estimate of drug-likeness (QED) is 0.176. The average molecular weight is 755 g/mol. The van der Waals surface area contributed by atoms with E-state index in [1.54, 1.807) is 0 Å². The fraction of sp³-hybridized carbons (Fsp3) is 0.389. The summed E-state index contributed by atoms with van der Waals surface area (Å²) in [5.74, 6) is 8.44. The molecular weight excluding hydrogens is 705 g/mol. The highest BCUT2D eigenvalue weighted by molar-refractivity contribution is 6.13. The third-order valence-electron chi connectivity index (χ3n) is 16.9. The Hall–Kier alpha value is -5.09. The molecule has 0 saturated heterocycles. The average Bonchev–Trinajstić information content (AvgIpc) is 3.76. The van der Waals surface area contributed by atoms with Gasteiger partial charge in [-0.25, -0.2) is 15.0 Å². The van der Waals surface area contributed by atoms with Crippen molar-refractivity contribution in [3.8, 4) is 28.2 Å². The monoisotopic (exact) mass is 754 g/mol. The Morgan fingerprint density at radius 1 is 0.483 bits per heavy atom. The smallest absolute Gasteiger partial charge is 0.163 e. The topological polar surface area (TPSA) is 43.6 Å². The Morgan fingerprint density at radius 2 is 1.07 bits per heavy atom. The molecule has 286 valence electrons. The summed E-state index contributed by atoms with van der Waals surface area (Å²) in [6.45, 7) is 0. The number of aromatic nitrogens is 4. The van der Waals surface area contributed by atoms with Crippen molar-refractivity contribution < 1.29 is 0 Å². The summed E-state index contributed by atoms with van der Waals surface area (Å²) in [6.07, 6.45) is 16.3. The largest absolute Gasteiger partial charge is 0.309 e. The van der Waals surface area contributed by atoms with E-state index in [0.717, 1.165) is 46.9 Å². The third-order valence-corrected chi connectivity index (χ3v) is 16.9. The molecule has 1 unspecified atom stereocenters. The molecule has 0 spiro atoms. The van der Waals surface area contributed by atoms with Gasteiger partial charge >= 0.3 is 0 Å². The molecule has 2 aromatic heterocycles. The molecule has 8 bridgehead atoms. The molecule has 0 aliphatic heterocycles. The molecule has 5 aromatic carbocycles. The fourth-order valence-corrected chi connectivity index (χ4v) is 15.6. The van der Waals surface area contributed by atoms with Crippen molar-refractivity contribution in [1.29, 1.82) is 0 Å². The van der Waals surface area contributed by atoms with Gasteiger partial charge in [-0.15, -0.1) is 0 Å². The molecule has 0 N–H and O–H groups in total. The molecule has 0 radical (unpaired) electrons. The second-order valence-electron chi connectivity index (χ2n) is 20.5. The van der Waals surface area contributed by atoms with Crippen molar-refractivity contribution in [2.75, 3.05) is 0 Å². The highest BCUT2D eigenvalue weighted by Gasteiger charge is 2.56. The summed E-state index contributed by atoms with van der Waals surface area (Å²) in [6, 6.07) is 43.2. The predicted octanol–water partition coefficient (Wildman–Crippen LogP) is 12.7. The first-order valence-corrected chi connectivity index (χ1v) is 22.6. The lowest BCUT2D eigenvalue weighted by molar-refractivity contribution is -0.0155. The van der Waals surface area contributed by atoms with Gasteiger partial charge in [-0.05, 0) is 165 Å². The van der Waals surface area contributed by atoms with Crippen LogP contribution < -0.4 is 0 Å². The Morgan fingerprint density at radius 3 is 1.72 bits per heavy atom. The molecule has 8 fully saturated rings. The van der Waals surface area contributed by atoms with Crippen LogP contribution in [0.25, 0.3) is 50.0 Å². The van der Waals surface area contributed by atoms with E-state index < -0.39 is 0 Å². The minimum absolute atomic E-state index is 0.0775. The van der Waals surface area contributed by atoms with E-state index >= 15 is 0 Å². The summed E-state index contributed by atoms with van der Waals surface area (Å²) in [4.78, 5) is 17.1. The van der Waals surface area contributed by atoms with Gasteiger partial charge in [0, 0.05) is 38.8 Å². The van der Waals surface area contributed by atoms with Crippen molar-refractivity contribution >= 4 is 21.8 Å². The van der Waals surface area contributed by atoms with Crippen LogP contribution in [0.2, 0.25) is 0 Å². The third kappa shape index (κ3) is 4.61. The Labute approximate surface area is 341 Å². The van der Waals surface area contributed by atoms with Gasteiger partial charge in [0.25, 0.3) is 0 Å². The van der Waals surface area contributed by atoms with Gasteiger partial charge in [0.1, 0.15) is 11.6 Å². The zero-order chi connectivity index (χ0) is 37.7. The summed E-state index contributed by atoms with van der Waals surface area (Å²) in [5.41, 5.74) is 11.9. The molecule has 1 atom stereocenters.